The van der Waals surface area contributed by atoms with Gasteiger partial charge in [-0.15, -0.1) is 0 Å². The molecule has 1 amide bonds. The van der Waals surface area contributed by atoms with E-state index in [0.717, 1.165) is 9.99 Å². The van der Waals surface area contributed by atoms with E-state index in [9.17, 15) is 15.0 Å². The van der Waals surface area contributed by atoms with E-state index in [1.54, 1.807) is 12.0 Å². The van der Waals surface area contributed by atoms with Crippen LogP contribution in [0.2, 0.25) is 18.1 Å². The number of phenolic OH excluding ortho intramolecular Hbond substituents is 1. The van der Waals surface area contributed by atoms with Crippen LogP contribution >= 0.6 is 22.6 Å². The molecular weight excluding hydrogens is 623 g/mol. The Morgan fingerprint density at radius 1 is 1.31 bits per heavy atom. The Kier molecular flexibility index (Phi) is 8.94. The first-order valence-corrected chi connectivity index (χ1v) is 18.5. The number of hydrogen-bond donors (Lipinski definition) is 3. The van der Waals surface area contributed by atoms with Crippen LogP contribution in [-0.4, -0.2) is 60.4 Å². The van der Waals surface area contributed by atoms with Gasteiger partial charge in [-0.3, -0.25) is 9.63 Å². The molecule has 3 saturated carbocycles. The van der Waals surface area contributed by atoms with E-state index in [4.69, 9.17) is 9.26 Å². The van der Waals surface area contributed by atoms with Crippen LogP contribution in [0.1, 0.15) is 66.9 Å². The predicted octanol–water partition coefficient (Wildman–Crippen LogP) is 5.69. The average Bonchev–Trinajstić information content (AvgIpc) is 3.19. The fourth-order valence-electron chi connectivity index (χ4n) is 6.83. The number of aliphatic hydroxyl groups excluding tert-OH is 1. The van der Waals surface area contributed by atoms with Crippen molar-refractivity contribution in [2.45, 2.75) is 110 Å². The summed E-state index contributed by atoms with van der Waals surface area (Å²) in [5.41, 5.74) is 1.02. The largest absolute Gasteiger partial charge is 0.507 e. The van der Waals surface area contributed by atoms with Crippen molar-refractivity contribution in [3.8, 4) is 5.75 Å². The lowest BCUT2D eigenvalue weighted by atomic mass is 9.45. The molecule has 39 heavy (non-hydrogen) atoms. The third-order valence-electron chi connectivity index (χ3n) is 10.7. The van der Waals surface area contributed by atoms with Gasteiger partial charge in [-0.25, -0.2) is 0 Å². The number of nitrogens with one attached hydrogen (secondary N) is 1. The molecule has 4 aliphatic rings. The number of carbonyl (C=O) groups is 1. The number of rotatable bonds is 8. The molecule has 7 nitrogen and oxygen atoms in total. The minimum atomic E-state index is -2.08. The molecule has 0 radical (unpaired) electrons. The number of carbonyl (C=O) groups excluding carboxylic acids is 1. The lowest BCUT2D eigenvalue weighted by Crippen LogP contribution is -2.62. The van der Waals surface area contributed by atoms with E-state index >= 15 is 0 Å². The summed E-state index contributed by atoms with van der Waals surface area (Å²) in [6.07, 6.45) is 0.975. The highest BCUT2D eigenvalue weighted by Gasteiger charge is 2.57. The van der Waals surface area contributed by atoms with Gasteiger partial charge in [0.25, 0.3) is 0 Å². The Morgan fingerprint density at radius 3 is 2.54 bits per heavy atom. The number of aromatic hydroxyl groups is 1. The Labute approximate surface area is 249 Å². The third kappa shape index (κ3) is 5.95. The van der Waals surface area contributed by atoms with Crippen molar-refractivity contribution in [1.29, 1.82) is 0 Å². The molecule has 3 N–H and O–H groups in total. The van der Waals surface area contributed by atoms with Crippen molar-refractivity contribution in [3.05, 3.63) is 27.3 Å². The number of aliphatic hydroxyl groups is 1. The molecule has 220 valence electrons. The number of fused-ring (bicyclic) bond motifs is 2. The second-order valence-electron chi connectivity index (χ2n) is 14.4. The minimum Gasteiger partial charge on any atom is -0.507 e. The molecule has 0 aromatic heterocycles. The van der Waals surface area contributed by atoms with Crippen LogP contribution in [0.25, 0.3) is 0 Å². The van der Waals surface area contributed by atoms with E-state index in [-0.39, 0.29) is 29.3 Å². The standard InChI is InChI=1S/C30H49IN2O5Si/c1-17-21-13-20(30(21,6)7)14-23(17)32-28(36)26-25(18(2)34)24(16-37-39(8,9)29(3,4)5)38-33(26)15-19-11-10-12-22(31)27(19)35/h10-12,17-18,20-21,23-26,34-35H,13-16H2,1-9H3,(H,32,36)/t17?,18-,20+,21-,23?,24?,25+,26-/m0/s1. The highest BCUT2D eigenvalue weighted by Crippen LogP contribution is 2.61. The van der Waals surface area contributed by atoms with Crippen LogP contribution in [0, 0.1) is 32.7 Å². The maximum absolute atomic E-state index is 14.1. The fraction of sp³-hybridized carbons (Fsp3) is 0.767. The van der Waals surface area contributed by atoms with Gasteiger partial charge in [-0.2, -0.15) is 5.06 Å². The maximum atomic E-state index is 14.1. The summed E-state index contributed by atoms with van der Waals surface area (Å²) in [4.78, 5) is 20.5. The Balaban J connectivity index is 1.59. The Bertz CT molecular complexity index is 1060. The Morgan fingerprint density at radius 2 is 1.97 bits per heavy atom. The zero-order valence-corrected chi connectivity index (χ0v) is 28.3. The van der Waals surface area contributed by atoms with Gasteiger partial charge in [0.05, 0.1) is 22.8 Å². The first kappa shape index (κ1) is 31.2. The summed E-state index contributed by atoms with van der Waals surface area (Å²) >= 11 is 2.11. The van der Waals surface area contributed by atoms with Crippen LogP contribution in [0.4, 0.5) is 0 Å². The van der Waals surface area contributed by atoms with Crippen molar-refractivity contribution in [2.24, 2.45) is 29.1 Å². The van der Waals surface area contributed by atoms with E-state index in [0.29, 0.717) is 35.3 Å². The molecule has 2 bridgehead atoms. The highest BCUT2D eigenvalue weighted by atomic mass is 127. The molecule has 9 heteroatoms. The number of nitrogens with zero attached hydrogens (tertiary/aromatic N) is 1. The fourth-order valence-corrected chi connectivity index (χ4v) is 8.40. The first-order valence-electron chi connectivity index (χ1n) is 14.5. The smallest absolute Gasteiger partial charge is 0.240 e. The zero-order valence-electron chi connectivity index (χ0n) is 25.1. The molecule has 1 aromatic rings. The van der Waals surface area contributed by atoms with Crippen LogP contribution in [0.5, 0.6) is 5.75 Å². The van der Waals surface area contributed by atoms with Crippen LogP contribution < -0.4 is 5.32 Å². The number of phenols is 1. The van der Waals surface area contributed by atoms with Crippen LogP contribution in [-0.2, 0) is 20.6 Å². The van der Waals surface area contributed by atoms with E-state index < -0.39 is 32.5 Å². The third-order valence-corrected chi connectivity index (χ3v) is 16.1. The summed E-state index contributed by atoms with van der Waals surface area (Å²) in [5.74, 6) is 1.24. The maximum Gasteiger partial charge on any atom is 0.240 e. The zero-order chi connectivity index (χ0) is 29.1. The molecule has 3 aliphatic carbocycles. The lowest BCUT2D eigenvalue weighted by molar-refractivity contribution is -0.182. The molecule has 1 heterocycles. The van der Waals surface area contributed by atoms with Gasteiger partial charge in [0.2, 0.25) is 5.91 Å². The van der Waals surface area contributed by atoms with Gasteiger partial charge < -0.3 is 20.0 Å². The topological polar surface area (TPSA) is 91.3 Å². The molecule has 1 saturated heterocycles. The van der Waals surface area contributed by atoms with Gasteiger partial charge in [0.1, 0.15) is 17.9 Å². The van der Waals surface area contributed by atoms with Gasteiger partial charge >= 0.3 is 0 Å². The molecule has 5 rings (SSSR count). The van der Waals surface area contributed by atoms with Gasteiger partial charge in [0.15, 0.2) is 8.32 Å². The number of hydrogen-bond acceptors (Lipinski definition) is 6. The number of amides is 1. The van der Waals surface area contributed by atoms with E-state index in [1.165, 1.54) is 6.42 Å². The summed E-state index contributed by atoms with van der Waals surface area (Å²) in [6.45, 7) is 20.2. The molecule has 0 spiro atoms. The predicted molar refractivity (Wildman–Crippen MR) is 164 cm³/mol. The molecule has 3 unspecified atom stereocenters. The normalized spacial score (nSPS) is 33.5. The van der Waals surface area contributed by atoms with Crippen molar-refractivity contribution in [3.63, 3.8) is 0 Å². The summed E-state index contributed by atoms with van der Waals surface area (Å²) < 4.78 is 7.27. The molecule has 8 atom stereocenters. The quantitative estimate of drug-likeness (QED) is 0.243. The number of para-hydroxylation sites is 1. The first-order chi connectivity index (χ1) is 18.0. The second kappa shape index (κ2) is 11.2. The van der Waals surface area contributed by atoms with Crippen LogP contribution in [0.15, 0.2) is 18.2 Å². The van der Waals surface area contributed by atoms with Gasteiger partial charge in [-0.1, -0.05) is 53.7 Å². The summed E-state index contributed by atoms with van der Waals surface area (Å²) in [5, 5.41) is 26.8. The SMILES string of the molecule is CC1C(NC(=O)[C@@H]2[C@H]([C@H](C)O)C(CO[Si](C)(C)C(C)(C)C)ON2Cc2cccc(I)c2O)C[C@H]2C[C@@H]1C2(C)C. The lowest BCUT2D eigenvalue weighted by Gasteiger charge is -2.62. The summed E-state index contributed by atoms with van der Waals surface area (Å²) in [6, 6.07) is 5.00. The van der Waals surface area contributed by atoms with E-state index in [2.05, 4.69) is 82.5 Å². The monoisotopic (exact) mass is 672 g/mol. The summed E-state index contributed by atoms with van der Waals surface area (Å²) in [7, 11) is -2.08. The van der Waals surface area contributed by atoms with Crippen molar-refractivity contribution >= 4 is 36.8 Å². The minimum absolute atomic E-state index is 0.0284. The number of halogens is 1. The van der Waals surface area contributed by atoms with Crippen molar-refractivity contribution in [1.82, 2.24) is 10.4 Å². The number of benzene rings is 1. The van der Waals surface area contributed by atoms with Gasteiger partial charge in [-0.05, 0) is 89.7 Å². The molecule has 1 aliphatic heterocycles. The Hall–Kier alpha value is -0.723. The van der Waals surface area contributed by atoms with Crippen LogP contribution in [0.3, 0.4) is 0 Å². The second-order valence-corrected chi connectivity index (χ2v) is 20.3. The van der Waals surface area contributed by atoms with Gasteiger partial charge in [0, 0.05) is 17.5 Å². The van der Waals surface area contributed by atoms with Crippen molar-refractivity contribution in [2.75, 3.05) is 6.61 Å². The molecular formula is C30H49IN2O5Si. The average molecular weight is 673 g/mol. The van der Waals surface area contributed by atoms with Crippen molar-refractivity contribution < 1.29 is 24.3 Å². The number of hydroxylamine groups is 2. The van der Waals surface area contributed by atoms with E-state index in [1.807, 2.05) is 18.2 Å². The highest BCUT2D eigenvalue weighted by molar-refractivity contribution is 14.1. The molecule has 1 aromatic carbocycles. The molecule has 4 fully saturated rings.